The lowest BCUT2D eigenvalue weighted by molar-refractivity contribution is 0.320. The molecule has 0 aliphatic carbocycles. The van der Waals surface area contributed by atoms with Crippen molar-refractivity contribution in [1.82, 2.24) is 10.0 Å². The van der Waals surface area contributed by atoms with Crippen LogP contribution >= 0.6 is 0 Å². The van der Waals surface area contributed by atoms with Crippen molar-refractivity contribution < 1.29 is 22.3 Å². The highest BCUT2D eigenvalue weighted by molar-refractivity contribution is 7.89. The van der Waals surface area contributed by atoms with E-state index >= 15 is 0 Å². The van der Waals surface area contributed by atoms with Gasteiger partial charge in [0.25, 0.3) is 0 Å². The minimum Gasteiger partial charge on any atom is -0.493 e. The lowest BCUT2D eigenvalue weighted by Gasteiger charge is -2.28. The Labute approximate surface area is 136 Å². The summed E-state index contributed by atoms with van der Waals surface area (Å²) in [4.78, 5) is -0.439. The Balaban J connectivity index is 2.24. The quantitative estimate of drug-likeness (QED) is 0.816. The first kappa shape index (κ1) is 18.0. The van der Waals surface area contributed by atoms with Crippen LogP contribution in [0.25, 0.3) is 0 Å². The molecule has 2 atom stereocenters. The second-order valence-electron chi connectivity index (χ2n) is 5.65. The second kappa shape index (κ2) is 7.46. The van der Waals surface area contributed by atoms with Gasteiger partial charge in [-0.1, -0.05) is 0 Å². The number of sulfonamides is 1. The minimum absolute atomic E-state index is 0.147. The molecule has 1 aliphatic rings. The summed E-state index contributed by atoms with van der Waals surface area (Å²) in [5.74, 6) is -0.374. The molecule has 23 heavy (non-hydrogen) atoms. The van der Waals surface area contributed by atoms with Gasteiger partial charge in [0, 0.05) is 18.2 Å². The van der Waals surface area contributed by atoms with Crippen LogP contribution in [-0.2, 0) is 10.0 Å². The van der Waals surface area contributed by atoms with Gasteiger partial charge in [-0.3, -0.25) is 0 Å². The van der Waals surface area contributed by atoms with Crippen LogP contribution in [0.15, 0.2) is 17.0 Å². The first-order valence-electron chi connectivity index (χ1n) is 7.53. The molecule has 1 aromatic carbocycles. The van der Waals surface area contributed by atoms with Crippen LogP contribution < -0.4 is 19.5 Å². The molecular weight excluding hydrogens is 323 g/mol. The molecule has 0 saturated carbocycles. The van der Waals surface area contributed by atoms with Crippen LogP contribution in [0.4, 0.5) is 4.39 Å². The van der Waals surface area contributed by atoms with Crippen LogP contribution in [-0.4, -0.2) is 41.8 Å². The van der Waals surface area contributed by atoms with Crippen molar-refractivity contribution >= 4 is 10.0 Å². The van der Waals surface area contributed by atoms with Crippen molar-refractivity contribution in [3.63, 3.8) is 0 Å². The number of benzene rings is 1. The molecule has 6 nitrogen and oxygen atoms in total. The normalized spacial score (nSPS) is 20.1. The molecule has 1 fully saturated rings. The Morgan fingerprint density at radius 3 is 2.52 bits per heavy atom. The predicted molar refractivity (Wildman–Crippen MR) is 84.9 cm³/mol. The molecule has 1 heterocycles. The van der Waals surface area contributed by atoms with Crippen molar-refractivity contribution in [2.75, 3.05) is 27.3 Å². The third-order valence-electron chi connectivity index (χ3n) is 4.11. The molecule has 2 N–H and O–H groups in total. The zero-order valence-corrected chi connectivity index (χ0v) is 14.4. The first-order chi connectivity index (χ1) is 10.9. The van der Waals surface area contributed by atoms with Crippen molar-refractivity contribution in [1.29, 1.82) is 0 Å². The molecule has 0 spiro atoms. The number of rotatable bonds is 6. The molecule has 130 valence electrons. The highest BCUT2D eigenvalue weighted by Gasteiger charge is 2.28. The fraction of sp³-hybridized carbons (Fsp3) is 0.600. The van der Waals surface area contributed by atoms with Crippen LogP contribution in [0, 0.1) is 11.7 Å². The zero-order valence-electron chi connectivity index (χ0n) is 13.6. The molecule has 1 aromatic rings. The third-order valence-corrected chi connectivity index (χ3v) is 5.68. The monoisotopic (exact) mass is 346 g/mol. The fourth-order valence-corrected chi connectivity index (χ4v) is 4.14. The molecule has 8 heteroatoms. The van der Waals surface area contributed by atoms with E-state index in [1.165, 1.54) is 14.2 Å². The highest BCUT2D eigenvalue weighted by atomic mass is 32.2. The Morgan fingerprint density at radius 2 is 1.96 bits per heavy atom. The highest BCUT2D eigenvalue weighted by Crippen LogP contribution is 2.32. The summed E-state index contributed by atoms with van der Waals surface area (Å²) in [7, 11) is -1.25. The van der Waals surface area contributed by atoms with Crippen LogP contribution in [0.2, 0.25) is 0 Å². The van der Waals surface area contributed by atoms with E-state index in [2.05, 4.69) is 10.0 Å². The molecule has 2 unspecified atom stereocenters. The van der Waals surface area contributed by atoms with E-state index in [1.54, 1.807) is 6.92 Å². The number of methoxy groups -OCH3 is 2. The van der Waals surface area contributed by atoms with Gasteiger partial charge in [0.1, 0.15) is 10.7 Å². The van der Waals surface area contributed by atoms with E-state index in [0.717, 1.165) is 38.1 Å². The molecule has 1 aliphatic heterocycles. The maximum absolute atomic E-state index is 14.2. The minimum atomic E-state index is -3.99. The van der Waals surface area contributed by atoms with Crippen molar-refractivity contribution in [3.05, 3.63) is 17.9 Å². The second-order valence-corrected chi connectivity index (χ2v) is 7.34. The largest absolute Gasteiger partial charge is 0.493 e. The van der Waals surface area contributed by atoms with Crippen molar-refractivity contribution in [2.45, 2.75) is 30.7 Å². The van der Waals surface area contributed by atoms with E-state index in [1.807, 2.05) is 0 Å². The molecule has 0 aromatic heterocycles. The van der Waals surface area contributed by atoms with E-state index in [4.69, 9.17) is 9.47 Å². The summed E-state index contributed by atoms with van der Waals surface area (Å²) < 4.78 is 51.8. The van der Waals surface area contributed by atoms with Gasteiger partial charge in [-0.05, 0) is 38.8 Å². The summed E-state index contributed by atoms with van der Waals surface area (Å²) in [6.45, 7) is 3.49. The lowest BCUT2D eigenvalue weighted by Crippen LogP contribution is -2.44. The molecule has 0 radical (unpaired) electrons. The first-order valence-corrected chi connectivity index (χ1v) is 9.02. The third kappa shape index (κ3) is 4.13. The SMILES string of the molecule is COc1cc(F)c(S(=O)(=O)NC(C)C2CCCNC2)cc1OC. The van der Waals surface area contributed by atoms with Gasteiger partial charge in [0.15, 0.2) is 11.5 Å². The average Bonchev–Trinajstić information content (AvgIpc) is 2.54. The number of hydrogen-bond donors (Lipinski definition) is 2. The molecule has 2 rings (SSSR count). The summed E-state index contributed by atoms with van der Waals surface area (Å²) in [6, 6.07) is 1.86. The number of ether oxygens (including phenoxy) is 2. The van der Waals surface area contributed by atoms with Gasteiger partial charge in [0.2, 0.25) is 10.0 Å². The van der Waals surface area contributed by atoms with Crippen molar-refractivity contribution in [3.8, 4) is 11.5 Å². The Kier molecular flexibility index (Phi) is 5.83. The van der Waals surface area contributed by atoms with Gasteiger partial charge in [-0.15, -0.1) is 0 Å². The summed E-state index contributed by atoms with van der Waals surface area (Å²) in [6.07, 6.45) is 1.94. The zero-order chi connectivity index (χ0) is 17.0. The predicted octanol–water partition coefficient (Wildman–Crippen LogP) is 1.51. The maximum atomic E-state index is 14.2. The number of piperidine rings is 1. The average molecular weight is 346 g/mol. The van der Waals surface area contributed by atoms with E-state index in [9.17, 15) is 12.8 Å². The Hall–Kier alpha value is -1.38. The molecular formula is C15H23FN2O4S. The van der Waals surface area contributed by atoms with Crippen LogP contribution in [0.1, 0.15) is 19.8 Å². The van der Waals surface area contributed by atoms with E-state index < -0.39 is 20.7 Å². The Morgan fingerprint density at radius 1 is 1.30 bits per heavy atom. The van der Waals surface area contributed by atoms with Crippen molar-refractivity contribution in [2.24, 2.45) is 5.92 Å². The maximum Gasteiger partial charge on any atom is 0.243 e. The summed E-state index contributed by atoms with van der Waals surface area (Å²) in [5, 5.41) is 3.24. The van der Waals surface area contributed by atoms with Gasteiger partial charge in [-0.2, -0.15) is 0 Å². The van der Waals surface area contributed by atoms with Crippen LogP contribution in [0.3, 0.4) is 0 Å². The number of nitrogens with one attached hydrogen (secondary N) is 2. The van der Waals surface area contributed by atoms with E-state index in [-0.39, 0.29) is 23.5 Å². The Bertz CT molecular complexity index is 645. The standard InChI is InChI=1S/C15H23FN2O4S/c1-10(11-5-4-6-17-9-11)18-23(19,20)15-8-14(22-3)13(21-2)7-12(15)16/h7-8,10-11,17-18H,4-6,9H2,1-3H3. The number of hydrogen-bond acceptors (Lipinski definition) is 5. The van der Waals surface area contributed by atoms with Gasteiger partial charge in [-0.25, -0.2) is 17.5 Å². The topological polar surface area (TPSA) is 76.7 Å². The lowest BCUT2D eigenvalue weighted by atomic mass is 9.94. The van der Waals surface area contributed by atoms with Gasteiger partial charge >= 0.3 is 0 Å². The molecule has 0 bridgehead atoms. The number of halogens is 1. The molecule has 1 saturated heterocycles. The van der Waals surface area contributed by atoms with Gasteiger partial charge < -0.3 is 14.8 Å². The van der Waals surface area contributed by atoms with E-state index in [0.29, 0.717) is 0 Å². The molecule has 0 amide bonds. The van der Waals surface area contributed by atoms with Crippen LogP contribution in [0.5, 0.6) is 11.5 Å². The fourth-order valence-electron chi connectivity index (χ4n) is 2.75. The summed E-state index contributed by atoms with van der Waals surface area (Å²) >= 11 is 0. The van der Waals surface area contributed by atoms with Gasteiger partial charge in [0.05, 0.1) is 14.2 Å². The smallest absolute Gasteiger partial charge is 0.243 e. The summed E-state index contributed by atoms with van der Waals surface area (Å²) in [5.41, 5.74) is 0.